The molecule has 0 spiro atoms. The van der Waals surface area contributed by atoms with Crippen LogP contribution >= 0.6 is 11.6 Å². The maximum atomic E-state index is 13.0. The number of benzene rings is 2. The van der Waals surface area contributed by atoms with E-state index in [2.05, 4.69) is 4.98 Å². The lowest BCUT2D eigenvalue weighted by molar-refractivity contribution is 0.0696. The molecule has 0 aliphatic heterocycles. The minimum Gasteiger partial charge on any atom is -0.478 e. The molecule has 0 fully saturated rings. The number of rotatable bonds is 6. The minimum absolute atomic E-state index is 0.00663. The highest BCUT2D eigenvalue weighted by atomic mass is 35.5. The number of nitrogens with zero attached hydrogens (tertiary/aromatic N) is 1. The fourth-order valence-electron chi connectivity index (χ4n) is 3.32. The van der Waals surface area contributed by atoms with Gasteiger partial charge in [0.2, 0.25) is 0 Å². The number of Topliss-reactive ketones (excluding diaryl/α,β-unsaturated/α-hetero) is 1. The third-order valence-electron chi connectivity index (χ3n) is 4.78. The third kappa shape index (κ3) is 4.46. The maximum absolute atomic E-state index is 13.0. The van der Waals surface area contributed by atoms with Gasteiger partial charge in [-0.3, -0.25) is 9.78 Å². The fourth-order valence-corrected chi connectivity index (χ4v) is 3.54. The van der Waals surface area contributed by atoms with Crippen LogP contribution in [0.5, 0.6) is 0 Å². The minimum atomic E-state index is -0.978. The average Bonchev–Trinajstić information content (AvgIpc) is 2.66. The first kappa shape index (κ1) is 19.8. The zero-order chi connectivity index (χ0) is 20.3. The number of carboxylic acids is 1. The molecule has 0 bridgehead atoms. The smallest absolute Gasteiger partial charge is 0.335 e. The van der Waals surface area contributed by atoms with E-state index in [0.29, 0.717) is 10.6 Å². The average molecular weight is 394 g/mol. The summed E-state index contributed by atoms with van der Waals surface area (Å²) in [6.45, 7) is 3.81. The van der Waals surface area contributed by atoms with Crippen molar-refractivity contribution in [3.05, 3.63) is 99.3 Å². The lowest BCUT2D eigenvalue weighted by Gasteiger charge is -2.20. The first-order valence-corrected chi connectivity index (χ1v) is 9.28. The van der Waals surface area contributed by atoms with Crippen molar-refractivity contribution in [1.82, 2.24) is 4.98 Å². The van der Waals surface area contributed by atoms with Gasteiger partial charge < -0.3 is 5.11 Å². The van der Waals surface area contributed by atoms with Crippen molar-refractivity contribution in [2.45, 2.75) is 26.2 Å². The summed E-state index contributed by atoms with van der Waals surface area (Å²) in [7, 11) is 0. The number of aryl methyl sites for hydroxylation is 2. The number of hydrogen-bond acceptors (Lipinski definition) is 3. The number of carboxylic acid groups (broad SMARTS) is 1. The second-order valence-electron chi connectivity index (χ2n) is 6.79. The predicted molar refractivity (Wildman–Crippen MR) is 109 cm³/mol. The van der Waals surface area contributed by atoms with Crippen LogP contribution in [0.15, 0.2) is 60.8 Å². The summed E-state index contributed by atoms with van der Waals surface area (Å²) in [5, 5.41) is 9.79. The molecule has 2 aromatic carbocycles. The van der Waals surface area contributed by atoms with Crippen LogP contribution < -0.4 is 0 Å². The Morgan fingerprint density at radius 2 is 1.71 bits per heavy atom. The Hall–Kier alpha value is -2.98. The SMILES string of the molecule is Cc1cc(C(=O)C[C@@H](c2ccc(C(=O)O)cc2)c2ccc(Cl)cc2C)ccn1. The Bertz CT molecular complexity index is 1030. The molecule has 1 N–H and O–H groups in total. The highest BCUT2D eigenvalue weighted by Crippen LogP contribution is 2.33. The summed E-state index contributed by atoms with van der Waals surface area (Å²) in [6, 6.07) is 15.8. The maximum Gasteiger partial charge on any atom is 0.335 e. The molecule has 0 saturated carbocycles. The summed E-state index contributed by atoms with van der Waals surface area (Å²) >= 11 is 6.10. The van der Waals surface area contributed by atoms with Gasteiger partial charge in [0, 0.05) is 34.8 Å². The first-order valence-electron chi connectivity index (χ1n) is 8.90. The molecule has 1 atom stereocenters. The van der Waals surface area contributed by atoms with Gasteiger partial charge in [0.15, 0.2) is 5.78 Å². The van der Waals surface area contributed by atoms with Crippen LogP contribution in [0.4, 0.5) is 0 Å². The van der Waals surface area contributed by atoms with E-state index in [1.807, 2.05) is 32.0 Å². The number of hydrogen-bond donors (Lipinski definition) is 1. The van der Waals surface area contributed by atoms with Crippen molar-refractivity contribution in [3.8, 4) is 0 Å². The van der Waals surface area contributed by atoms with Crippen molar-refractivity contribution in [2.75, 3.05) is 0 Å². The molecule has 0 aliphatic rings. The molecule has 0 unspecified atom stereocenters. The fraction of sp³-hybridized carbons (Fsp3) is 0.174. The molecule has 28 heavy (non-hydrogen) atoms. The summed E-state index contributed by atoms with van der Waals surface area (Å²) in [5.74, 6) is -1.18. The van der Waals surface area contributed by atoms with E-state index in [-0.39, 0.29) is 23.7 Å². The molecule has 142 valence electrons. The highest BCUT2D eigenvalue weighted by Gasteiger charge is 2.21. The Labute approximate surface area is 168 Å². The Morgan fingerprint density at radius 1 is 1.00 bits per heavy atom. The van der Waals surface area contributed by atoms with Crippen molar-refractivity contribution in [1.29, 1.82) is 0 Å². The van der Waals surface area contributed by atoms with Crippen molar-refractivity contribution < 1.29 is 14.7 Å². The molecular formula is C23H20ClNO3. The highest BCUT2D eigenvalue weighted by molar-refractivity contribution is 6.30. The van der Waals surface area contributed by atoms with Crippen LogP contribution in [-0.4, -0.2) is 21.8 Å². The Kier molecular flexibility index (Phi) is 5.90. The lowest BCUT2D eigenvalue weighted by atomic mass is 9.83. The van der Waals surface area contributed by atoms with Gasteiger partial charge in [-0.1, -0.05) is 29.8 Å². The number of carbonyl (C=O) groups excluding carboxylic acids is 1. The second-order valence-corrected chi connectivity index (χ2v) is 7.23. The molecule has 3 rings (SSSR count). The van der Waals surface area contributed by atoms with E-state index in [1.165, 1.54) is 0 Å². The molecule has 0 aliphatic carbocycles. The number of halogens is 1. The standard InChI is InChI=1S/C23H20ClNO3/c1-14-11-19(24)7-8-20(14)21(16-3-5-17(6-4-16)23(27)28)13-22(26)18-9-10-25-15(2)12-18/h3-12,21H,13H2,1-2H3,(H,27,28)/t21-/m0/s1. The number of carbonyl (C=O) groups is 2. The topological polar surface area (TPSA) is 67.3 Å². The molecule has 4 nitrogen and oxygen atoms in total. The summed E-state index contributed by atoms with van der Waals surface area (Å²) in [6.07, 6.45) is 1.89. The van der Waals surface area contributed by atoms with E-state index >= 15 is 0 Å². The van der Waals surface area contributed by atoms with Crippen molar-refractivity contribution >= 4 is 23.4 Å². The van der Waals surface area contributed by atoms with Crippen molar-refractivity contribution in [3.63, 3.8) is 0 Å². The van der Waals surface area contributed by atoms with Gasteiger partial charge in [0.05, 0.1) is 5.56 Å². The van der Waals surface area contributed by atoms with E-state index in [9.17, 15) is 9.59 Å². The van der Waals surface area contributed by atoms with Crippen LogP contribution in [0.3, 0.4) is 0 Å². The van der Waals surface area contributed by atoms with Gasteiger partial charge in [-0.15, -0.1) is 0 Å². The van der Waals surface area contributed by atoms with Crippen LogP contribution in [0.2, 0.25) is 5.02 Å². The largest absolute Gasteiger partial charge is 0.478 e. The zero-order valence-electron chi connectivity index (χ0n) is 15.6. The van der Waals surface area contributed by atoms with Crippen LogP contribution in [0.25, 0.3) is 0 Å². The third-order valence-corrected chi connectivity index (χ3v) is 5.01. The second kappa shape index (κ2) is 8.36. The first-order chi connectivity index (χ1) is 13.3. The molecule has 1 heterocycles. The summed E-state index contributed by atoms with van der Waals surface area (Å²) < 4.78 is 0. The molecule has 0 amide bonds. The molecule has 3 aromatic rings. The van der Waals surface area contributed by atoms with Gasteiger partial charge in [0.25, 0.3) is 0 Å². The number of ketones is 1. The van der Waals surface area contributed by atoms with E-state index < -0.39 is 5.97 Å². The van der Waals surface area contributed by atoms with E-state index in [1.54, 1.807) is 42.6 Å². The Morgan fingerprint density at radius 3 is 2.32 bits per heavy atom. The molecule has 0 radical (unpaired) electrons. The Balaban J connectivity index is 2.01. The monoisotopic (exact) mass is 393 g/mol. The van der Waals surface area contributed by atoms with E-state index in [0.717, 1.165) is 22.4 Å². The summed E-state index contributed by atoms with van der Waals surface area (Å²) in [5.41, 5.74) is 4.48. The predicted octanol–water partition coefficient (Wildman–Crippen LogP) is 5.45. The number of pyridine rings is 1. The lowest BCUT2D eigenvalue weighted by Crippen LogP contribution is -2.11. The van der Waals surface area contributed by atoms with Crippen molar-refractivity contribution in [2.24, 2.45) is 0 Å². The molecule has 0 saturated heterocycles. The van der Waals surface area contributed by atoms with E-state index in [4.69, 9.17) is 16.7 Å². The number of aromatic carboxylic acids is 1. The van der Waals surface area contributed by atoms with Crippen LogP contribution in [0.1, 0.15) is 55.4 Å². The van der Waals surface area contributed by atoms with Gasteiger partial charge in [-0.05, 0) is 66.9 Å². The number of aromatic nitrogens is 1. The summed E-state index contributed by atoms with van der Waals surface area (Å²) in [4.78, 5) is 28.3. The van der Waals surface area contributed by atoms with Crippen LogP contribution in [-0.2, 0) is 0 Å². The van der Waals surface area contributed by atoms with Crippen LogP contribution in [0, 0.1) is 13.8 Å². The zero-order valence-corrected chi connectivity index (χ0v) is 16.4. The quantitative estimate of drug-likeness (QED) is 0.565. The molecule has 1 aromatic heterocycles. The van der Waals surface area contributed by atoms with Gasteiger partial charge in [0.1, 0.15) is 0 Å². The normalized spacial score (nSPS) is 11.8. The van der Waals surface area contributed by atoms with Gasteiger partial charge in [-0.25, -0.2) is 4.79 Å². The molecular weight excluding hydrogens is 374 g/mol. The van der Waals surface area contributed by atoms with Gasteiger partial charge in [-0.2, -0.15) is 0 Å². The van der Waals surface area contributed by atoms with Gasteiger partial charge >= 0.3 is 5.97 Å². The molecule has 5 heteroatoms.